The van der Waals surface area contributed by atoms with E-state index >= 15 is 0 Å². The number of urea groups is 1. The number of imide groups is 2. The standard InChI is InChI=1S/C17H22N2O7/c1-9(2)15(22)25-11(5)7-18-13(20)14(21)19(17(18)24)8-12(6)26-16(23)10(3)4/h11-12H,1,3,7-8H2,2,4-6H3. The molecule has 1 aliphatic rings. The molecule has 1 aliphatic heterocycles. The molecule has 1 fully saturated rings. The highest BCUT2D eigenvalue weighted by Crippen LogP contribution is 2.15. The summed E-state index contributed by atoms with van der Waals surface area (Å²) in [6, 6.07) is -0.864. The molecule has 1 saturated heterocycles. The van der Waals surface area contributed by atoms with Crippen molar-refractivity contribution in [2.75, 3.05) is 13.1 Å². The van der Waals surface area contributed by atoms with Crippen LogP contribution in [0, 0.1) is 0 Å². The number of ether oxygens (including phenoxy) is 2. The van der Waals surface area contributed by atoms with Crippen molar-refractivity contribution in [3.05, 3.63) is 24.3 Å². The highest BCUT2D eigenvalue weighted by molar-refractivity contribution is 6.44. The van der Waals surface area contributed by atoms with Crippen LogP contribution in [0.1, 0.15) is 27.7 Å². The van der Waals surface area contributed by atoms with E-state index in [1.165, 1.54) is 27.7 Å². The second kappa shape index (κ2) is 8.41. The summed E-state index contributed by atoms with van der Waals surface area (Å²) < 4.78 is 10.0. The number of hydrogen-bond donors (Lipinski definition) is 0. The van der Waals surface area contributed by atoms with Gasteiger partial charge in [-0.2, -0.15) is 0 Å². The van der Waals surface area contributed by atoms with Crippen molar-refractivity contribution in [3.63, 3.8) is 0 Å². The fraction of sp³-hybridized carbons (Fsp3) is 0.471. The summed E-state index contributed by atoms with van der Waals surface area (Å²) in [6.07, 6.45) is -1.64. The number of amides is 4. The first-order valence-corrected chi connectivity index (χ1v) is 7.86. The van der Waals surface area contributed by atoms with Gasteiger partial charge in [0, 0.05) is 11.1 Å². The van der Waals surface area contributed by atoms with Gasteiger partial charge in [-0.3, -0.25) is 19.4 Å². The fourth-order valence-corrected chi connectivity index (χ4v) is 2.03. The molecular formula is C17H22N2O7. The molecule has 0 aromatic rings. The van der Waals surface area contributed by atoms with Crippen LogP contribution in [0.25, 0.3) is 0 Å². The molecule has 0 N–H and O–H groups in total. The van der Waals surface area contributed by atoms with Gasteiger partial charge >= 0.3 is 29.8 Å². The van der Waals surface area contributed by atoms with Crippen molar-refractivity contribution < 1.29 is 33.4 Å². The Morgan fingerprint density at radius 2 is 1.15 bits per heavy atom. The number of nitrogens with zero attached hydrogens (tertiary/aromatic N) is 2. The van der Waals surface area contributed by atoms with E-state index in [4.69, 9.17) is 9.47 Å². The van der Waals surface area contributed by atoms with Crippen LogP contribution in [0.4, 0.5) is 4.79 Å². The summed E-state index contributed by atoms with van der Waals surface area (Å²) in [4.78, 5) is 60.7. The van der Waals surface area contributed by atoms with Crippen LogP contribution in [-0.4, -0.2) is 64.9 Å². The second-order valence-electron chi connectivity index (χ2n) is 6.11. The highest BCUT2D eigenvalue weighted by Gasteiger charge is 2.45. The Bertz CT molecular complexity index is 627. The lowest BCUT2D eigenvalue weighted by atomic mass is 10.3. The highest BCUT2D eigenvalue weighted by atomic mass is 16.5. The van der Waals surface area contributed by atoms with Crippen molar-refractivity contribution in [3.8, 4) is 0 Å². The first-order valence-electron chi connectivity index (χ1n) is 7.86. The number of esters is 2. The number of carbonyl (C=O) groups excluding carboxylic acids is 5. The molecule has 0 aromatic carbocycles. The van der Waals surface area contributed by atoms with E-state index in [1.807, 2.05) is 0 Å². The smallest absolute Gasteiger partial charge is 0.334 e. The lowest BCUT2D eigenvalue weighted by Crippen LogP contribution is -2.41. The molecule has 4 amide bonds. The minimum absolute atomic E-state index is 0.168. The van der Waals surface area contributed by atoms with E-state index in [2.05, 4.69) is 13.2 Å². The summed E-state index contributed by atoms with van der Waals surface area (Å²) in [6.45, 7) is 12.2. The molecule has 0 aromatic heterocycles. The van der Waals surface area contributed by atoms with Gasteiger partial charge in [0.2, 0.25) is 0 Å². The summed E-state index contributed by atoms with van der Waals surface area (Å²) in [7, 11) is 0. The number of rotatable bonds is 8. The van der Waals surface area contributed by atoms with Crippen molar-refractivity contribution in [2.24, 2.45) is 0 Å². The van der Waals surface area contributed by atoms with E-state index in [9.17, 15) is 24.0 Å². The van der Waals surface area contributed by atoms with Gasteiger partial charge < -0.3 is 9.47 Å². The van der Waals surface area contributed by atoms with Gasteiger partial charge in [-0.15, -0.1) is 0 Å². The lowest BCUT2D eigenvalue weighted by molar-refractivity contribution is -0.148. The van der Waals surface area contributed by atoms with Gasteiger partial charge in [0.05, 0.1) is 13.1 Å². The normalized spacial score (nSPS) is 16.4. The van der Waals surface area contributed by atoms with Crippen LogP contribution >= 0.6 is 0 Å². The molecule has 0 aliphatic carbocycles. The van der Waals surface area contributed by atoms with Crippen molar-refractivity contribution in [1.29, 1.82) is 0 Å². The van der Waals surface area contributed by atoms with Crippen LogP contribution in [0.2, 0.25) is 0 Å². The topological polar surface area (TPSA) is 110 Å². The number of carbonyl (C=O) groups is 5. The maximum atomic E-state index is 12.3. The average molecular weight is 366 g/mol. The summed E-state index contributed by atoms with van der Waals surface area (Å²) in [5.74, 6) is -3.40. The zero-order chi connectivity index (χ0) is 20.2. The molecule has 0 bridgehead atoms. The molecule has 2 atom stereocenters. The Kier molecular flexibility index (Phi) is 6.82. The van der Waals surface area contributed by atoms with Gasteiger partial charge in [0.15, 0.2) is 0 Å². The molecule has 9 nitrogen and oxygen atoms in total. The third-order valence-electron chi connectivity index (χ3n) is 3.33. The first-order chi connectivity index (χ1) is 12.0. The first kappa shape index (κ1) is 21.1. The Morgan fingerprint density at radius 3 is 1.42 bits per heavy atom. The van der Waals surface area contributed by atoms with Crippen molar-refractivity contribution >= 4 is 29.8 Å². The predicted octanol–water partition coefficient (Wildman–Crippen LogP) is 0.793. The molecule has 0 saturated carbocycles. The van der Waals surface area contributed by atoms with Crippen molar-refractivity contribution in [2.45, 2.75) is 39.9 Å². The van der Waals surface area contributed by atoms with E-state index in [1.54, 1.807) is 0 Å². The van der Waals surface area contributed by atoms with Crippen LogP contribution < -0.4 is 0 Å². The Morgan fingerprint density at radius 1 is 0.846 bits per heavy atom. The van der Waals surface area contributed by atoms with Gasteiger partial charge in [-0.25, -0.2) is 14.4 Å². The van der Waals surface area contributed by atoms with Crippen molar-refractivity contribution in [1.82, 2.24) is 9.80 Å². The maximum Gasteiger partial charge on any atom is 0.334 e. The summed E-state index contributed by atoms with van der Waals surface area (Å²) in [5.41, 5.74) is 0.337. The van der Waals surface area contributed by atoms with E-state index in [0.29, 0.717) is 9.80 Å². The van der Waals surface area contributed by atoms with Crippen LogP contribution in [0.5, 0.6) is 0 Å². The zero-order valence-electron chi connectivity index (χ0n) is 15.2. The van der Waals surface area contributed by atoms with Gasteiger partial charge in [-0.05, 0) is 27.7 Å². The quantitative estimate of drug-likeness (QED) is 0.270. The Labute approximate surface area is 151 Å². The molecule has 142 valence electrons. The molecule has 0 spiro atoms. The minimum Gasteiger partial charge on any atom is -0.457 e. The van der Waals surface area contributed by atoms with Gasteiger partial charge in [0.1, 0.15) is 12.2 Å². The van der Waals surface area contributed by atoms with E-state index < -0.39 is 42.0 Å². The molecule has 1 rings (SSSR count). The van der Waals surface area contributed by atoms with Crippen LogP contribution in [0.3, 0.4) is 0 Å². The fourth-order valence-electron chi connectivity index (χ4n) is 2.03. The second-order valence-corrected chi connectivity index (χ2v) is 6.11. The zero-order valence-corrected chi connectivity index (χ0v) is 15.2. The predicted molar refractivity (Wildman–Crippen MR) is 89.6 cm³/mol. The third-order valence-corrected chi connectivity index (χ3v) is 3.33. The molecule has 9 heteroatoms. The third kappa shape index (κ3) is 5.01. The maximum absolute atomic E-state index is 12.3. The Balaban J connectivity index is 2.74. The molecule has 26 heavy (non-hydrogen) atoms. The van der Waals surface area contributed by atoms with Crippen LogP contribution in [-0.2, 0) is 28.7 Å². The largest absolute Gasteiger partial charge is 0.457 e. The molecule has 2 unspecified atom stereocenters. The van der Waals surface area contributed by atoms with Gasteiger partial charge in [-0.1, -0.05) is 13.2 Å². The summed E-state index contributed by atoms with van der Waals surface area (Å²) in [5, 5.41) is 0. The molecular weight excluding hydrogens is 344 g/mol. The van der Waals surface area contributed by atoms with Crippen LogP contribution in [0.15, 0.2) is 24.3 Å². The number of hydrogen-bond acceptors (Lipinski definition) is 7. The van der Waals surface area contributed by atoms with Gasteiger partial charge in [0.25, 0.3) is 0 Å². The SMILES string of the molecule is C=C(C)C(=O)OC(C)CN1C(=O)C(=O)N(CC(C)OC(=O)C(=C)C)C1=O. The Hall–Kier alpha value is -2.97. The van der Waals surface area contributed by atoms with E-state index in [-0.39, 0.29) is 24.2 Å². The minimum atomic E-state index is -1.04. The lowest BCUT2D eigenvalue weighted by Gasteiger charge is -2.21. The molecule has 1 heterocycles. The average Bonchev–Trinajstić information content (AvgIpc) is 2.72. The molecule has 0 radical (unpaired) electrons. The monoisotopic (exact) mass is 366 g/mol. The van der Waals surface area contributed by atoms with E-state index in [0.717, 1.165) is 0 Å². The summed E-state index contributed by atoms with van der Waals surface area (Å²) >= 11 is 0.